The van der Waals surface area contributed by atoms with Crippen LogP contribution in [0.5, 0.6) is 0 Å². The molecule has 0 saturated carbocycles. The van der Waals surface area contributed by atoms with Gasteiger partial charge in [-0.15, -0.1) is 24.0 Å². The number of unbranched alkanes of at least 4 members (excludes halogenated alkanes) is 1. The maximum atomic E-state index is 4.20. The Morgan fingerprint density at radius 2 is 1.74 bits per heavy atom. The number of guanidine groups is 1. The minimum Gasteiger partial charge on any atom is -0.356 e. The molecule has 0 aromatic heterocycles. The number of halogens is 1. The van der Waals surface area contributed by atoms with Gasteiger partial charge in [0.2, 0.25) is 0 Å². The molecule has 0 aliphatic carbocycles. The summed E-state index contributed by atoms with van der Waals surface area (Å²) in [6, 6.07) is 8.68. The highest BCUT2D eigenvalue weighted by atomic mass is 127. The van der Waals surface area contributed by atoms with E-state index in [9.17, 15) is 0 Å². The highest BCUT2D eigenvalue weighted by Gasteiger charge is 1.97. The standard InChI is InChI=1S/C15H25N3.HI/c1-4-5-11-17-15(16-3)18-12-10-14-8-6-13(2)7-9-14;/h6-9H,4-5,10-12H2,1-3H3,(H2,16,17,18);1H. The van der Waals surface area contributed by atoms with Gasteiger partial charge in [-0.05, 0) is 25.3 Å². The monoisotopic (exact) mass is 375 g/mol. The molecule has 2 N–H and O–H groups in total. The molecule has 1 rings (SSSR count). The largest absolute Gasteiger partial charge is 0.356 e. The Bertz CT molecular complexity index is 360. The van der Waals surface area contributed by atoms with Crippen LogP contribution in [0, 0.1) is 6.92 Å². The third-order valence-electron chi connectivity index (χ3n) is 2.87. The van der Waals surface area contributed by atoms with Crippen molar-refractivity contribution >= 4 is 29.9 Å². The average Bonchev–Trinajstić information content (AvgIpc) is 2.39. The van der Waals surface area contributed by atoms with Crippen molar-refractivity contribution in [3.05, 3.63) is 35.4 Å². The summed E-state index contributed by atoms with van der Waals surface area (Å²) in [5.74, 6) is 0.899. The number of rotatable bonds is 6. The number of nitrogens with one attached hydrogen (secondary N) is 2. The Labute approximate surface area is 134 Å². The van der Waals surface area contributed by atoms with E-state index in [0.717, 1.165) is 25.5 Å². The Balaban J connectivity index is 0.00000324. The molecular formula is C15H26IN3. The molecule has 0 saturated heterocycles. The van der Waals surface area contributed by atoms with Crippen LogP contribution in [0.2, 0.25) is 0 Å². The summed E-state index contributed by atoms with van der Waals surface area (Å²) in [6.07, 6.45) is 3.40. The van der Waals surface area contributed by atoms with E-state index < -0.39 is 0 Å². The van der Waals surface area contributed by atoms with Gasteiger partial charge in [-0.1, -0.05) is 43.2 Å². The second-order valence-electron chi connectivity index (χ2n) is 4.51. The number of benzene rings is 1. The number of hydrogen-bond acceptors (Lipinski definition) is 1. The van der Waals surface area contributed by atoms with Crippen LogP contribution >= 0.6 is 24.0 Å². The lowest BCUT2D eigenvalue weighted by Crippen LogP contribution is -2.38. The summed E-state index contributed by atoms with van der Waals surface area (Å²) in [5, 5.41) is 6.63. The van der Waals surface area contributed by atoms with E-state index in [-0.39, 0.29) is 24.0 Å². The van der Waals surface area contributed by atoms with E-state index in [1.807, 2.05) is 7.05 Å². The predicted octanol–water partition coefficient (Wildman–Crippen LogP) is 3.12. The van der Waals surface area contributed by atoms with Crippen LogP contribution in [0.25, 0.3) is 0 Å². The van der Waals surface area contributed by atoms with Gasteiger partial charge in [0, 0.05) is 20.1 Å². The van der Waals surface area contributed by atoms with E-state index in [1.54, 1.807) is 0 Å². The minimum atomic E-state index is 0. The van der Waals surface area contributed by atoms with Gasteiger partial charge in [0.1, 0.15) is 0 Å². The van der Waals surface area contributed by atoms with Crippen LogP contribution in [-0.2, 0) is 6.42 Å². The van der Waals surface area contributed by atoms with Gasteiger partial charge in [-0.2, -0.15) is 0 Å². The molecule has 0 radical (unpaired) electrons. The van der Waals surface area contributed by atoms with Crippen LogP contribution in [0.15, 0.2) is 29.3 Å². The van der Waals surface area contributed by atoms with Crippen molar-refractivity contribution in [2.45, 2.75) is 33.1 Å². The predicted molar refractivity (Wildman–Crippen MR) is 94.6 cm³/mol. The Kier molecular flexibility index (Phi) is 10.6. The molecule has 19 heavy (non-hydrogen) atoms. The highest BCUT2D eigenvalue weighted by molar-refractivity contribution is 14.0. The van der Waals surface area contributed by atoms with Gasteiger partial charge >= 0.3 is 0 Å². The van der Waals surface area contributed by atoms with Gasteiger partial charge < -0.3 is 10.6 Å². The number of aliphatic imine (C=N–C) groups is 1. The van der Waals surface area contributed by atoms with Crippen molar-refractivity contribution in [3.8, 4) is 0 Å². The second kappa shape index (κ2) is 11.1. The molecule has 0 spiro atoms. The first-order chi connectivity index (χ1) is 8.76. The molecule has 0 aliphatic heterocycles. The molecule has 0 bridgehead atoms. The Morgan fingerprint density at radius 3 is 2.32 bits per heavy atom. The zero-order valence-corrected chi connectivity index (χ0v) is 14.5. The third-order valence-corrected chi connectivity index (χ3v) is 2.87. The van der Waals surface area contributed by atoms with Crippen LogP contribution in [0.3, 0.4) is 0 Å². The van der Waals surface area contributed by atoms with Crippen molar-refractivity contribution in [1.82, 2.24) is 10.6 Å². The molecule has 0 fully saturated rings. The summed E-state index contributed by atoms with van der Waals surface area (Å²) >= 11 is 0. The zero-order valence-electron chi connectivity index (χ0n) is 12.2. The molecule has 3 nitrogen and oxygen atoms in total. The molecule has 1 aromatic carbocycles. The van der Waals surface area contributed by atoms with Gasteiger partial charge in [0.05, 0.1) is 0 Å². The molecular weight excluding hydrogens is 349 g/mol. The minimum absolute atomic E-state index is 0. The van der Waals surface area contributed by atoms with E-state index in [0.29, 0.717) is 0 Å². The molecule has 0 aliphatic rings. The van der Waals surface area contributed by atoms with Crippen molar-refractivity contribution in [3.63, 3.8) is 0 Å². The smallest absolute Gasteiger partial charge is 0.190 e. The van der Waals surface area contributed by atoms with Crippen LogP contribution < -0.4 is 10.6 Å². The Hall–Kier alpha value is -0.780. The molecule has 0 unspecified atom stereocenters. The molecule has 4 heteroatoms. The lowest BCUT2D eigenvalue weighted by Gasteiger charge is -2.11. The maximum absolute atomic E-state index is 4.20. The fourth-order valence-corrected chi connectivity index (χ4v) is 1.68. The lowest BCUT2D eigenvalue weighted by atomic mass is 10.1. The van der Waals surface area contributed by atoms with Crippen molar-refractivity contribution in [2.24, 2.45) is 4.99 Å². The Morgan fingerprint density at radius 1 is 1.11 bits per heavy atom. The van der Waals surface area contributed by atoms with E-state index >= 15 is 0 Å². The van der Waals surface area contributed by atoms with Crippen LogP contribution in [-0.4, -0.2) is 26.1 Å². The SMILES string of the molecule is CCCCNC(=NC)NCCc1ccc(C)cc1.I. The first kappa shape index (κ1) is 18.2. The zero-order chi connectivity index (χ0) is 13.2. The molecule has 0 amide bonds. The van der Waals surface area contributed by atoms with Gasteiger partial charge in [-0.3, -0.25) is 4.99 Å². The number of hydrogen-bond donors (Lipinski definition) is 2. The first-order valence-electron chi connectivity index (χ1n) is 6.76. The van der Waals surface area contributed by atoms with E-state index in [4.69, 9.17) is 0 Å². The molecule has 0 atom stereocenters. The summed E-state index contributed by atoms with van der Waals surface area (Å²) < 4.78 is 0. The molecule has 0 heterocycles. The fraction of sp³-hybridized carbons (Fsp3) is 0.533. The highest BCUT2D eigenvalue weighted by Crippen LogP contribution is 2.02. The quantitative estimate of drug-likeness (QED) is 0.347. The molecule has 1 aromatic rings. The van der Waals surface area contributed by atoms with E-state index in [2.05, 4.69) is 53.7 Å². The van der Waals surface area contributed by atoms with Gasteiger partial charge in [0.25, 0.3) is 0 Å². The van der Waals surface area contributed by atoms with Crippen LogP contribution in [0.4, 0.5) is 0 Å². The summed E-state index contributed by atoms with van der Waals surface area (Å²) in [7, 11) is 1.81. The van der Waals surface area contributed by atoms with Crippen molar-refractivity contribution in [1.29, 1.82) is 0 Å². The average molecular weight is 375 g/mol. The van der Waals surface area contributed by atoms with E-state index in [1.165, 1.54) is 24.0 Å². The fourth-order valence-electron chi connectivity index (χ4n) is 1.68. The summed E-state index contributed by atoms with van der Waals surface area (Å²) in [4.78, 5) is 4.20. The van der Waals surface area contributed by atoms with Crippen LogP contribution in [0.1, 0.15) is 30.9 Å². The third kappa shape index (κ3) is 8.08. The normalized spacial score (nSPS) is 10.8. The van der Waals surface area contributed by atoms with Gasteiger partial charge in [0.15, 0.2) is 5.96 Å². The van der Waals surface area contributed by atoms with Crippen molar-refractivity contribution in [2.75, 3.05) is 20.1 Å². The molecule has 108 valence electrons. The maximum Gasteiger partial charge on any atom is 0.190 e. The number of nitrogens with zero attached hydrogens (tertiary/aromatic N) is 1. The summed E-state index contributed by atoms with van der Waals surface area (Å²) in [5.41, 5.74) is 2.67. The first-order valence-corrected chi connectivity index (χ1v) is 6.76. The number of aryl methyl sites for hydroxylation is 1. The topological polar surface area (TPSA) is 36.4 Å². The second-order valence-corrected chi connectivity index (χ2v) is 4.51. The summed E-state index contributed by atoms with van der Waals surface area (Å²) in [6.45, 7) is 6.20. The van der Waals surface area contributed by atoms with Gasteiger partial charge in [-0.25, -0.2) is 0 Å². The lowest BCUT2D eigenvalue weighted by molar-refractivity contribution is 0.726. The van der Waals surface area contributed by atoms with Crippen molar-refractivity contribution < 1.29 is 0 Å².